The van der Waals surface area contributed by atoms with E-state index in [4.69, 9.17) is 5.73 Å². The van der Waals surface area contributed by atoms with Gasteiger partial charge in [-0.05, 0) is 17.7 Å². The van der Waals surface area contributed by atoms with E-state index in [1.807, 2.05) is 29.2 Å². The number of anilines is 1. The lowest BCUT2D eigenvalue weighted by atomic mass is 10.2. The van der Waals surface area contributed by atoms with Crippen LogP contribution in [-0.2, 0) is 16.1 Å². The highest BCUT2D eigenvalue weighted by Crippen LogP contribution is 2.10. The predicted molar refractivity (Wildman–Crippen MR) is 81.7 cm³/mol. The van der Waals surface area contributed by atoms with Crippen molar-refractivity contribution in [3.05, 3.63) is 29.8 Å². The maximum Gasteiger partial charge on any atom is 0.236 e. The van der Waals surface area contributed by atoms with Crippen molar-refractivity contribution < 1.29 is 9.59 Å². The van der Waals surface area contributed by atoms with Gasteiger partial charge in [-0.25, -0.2) is 0 Å². The largest absolute Gasteiger partial charge is 0.343 e. The monoisotopic (exact) mass is 290 g/mol. The van der Waals surface area contributed by atoms with Gasteiger partial charge in [-0.2, -0.15) is 0 Å². The summed E-state index contributed by atoms with van der Waals surface area (Å²) in [6.45, 7) is 2.98. The molecule has 0 bridgehead atoms. The van der Waals surface area contributed by atoms with Gasteiger partial charge in [-0.3, -0.25) is 14.5 Å². The zero-order valence-electron chi connectivity index (χ0n) is 12.3. The predicted octanol–water partition coefficient (Wildman–Crippen LogP) is 0.248. The van der Waals surface area contributed by atoms with Gasteiger partial charge in [0.2, 0.25) is 11.8 Å². The maximum atomic E-state index is 11.9. The smallest absolute Gasteiger partial charge is 0.236 e. The van der Waals surface area contributed by atoms with Gasteiger partial charge in [0.05, 0.1) is 6.54 Å². The number of nitrogens with two attached hydrogens (primary N) is 1. The Balaban J connectivity index is 1.78. The lowest BCUT2D eigenvalue weighted by molar-refractivity contribution is -0.134. The summed E-state index contributed by atoms with van der Waals surface area (Å²) in [7, 11) is 1.80. The number of hydrogen-bond acceptors (Lipinski definition) is 4. The Morgan fingerprint density at radius 3 is 2.90 bits per heavy atom. The number of amides is 2. The van der Waals surface area contributed by atoms with Crippen LogP contribution in [0.25, 0.3) is 0 Å². The first kappa shape index (κ1) is 15.5. The third-order valence-corrected chi connectivity index (χ3v) is 3.64. The molecule has 1 heterocycles. The van der Waals surface area contributed by atoms with Gasteiger partial charge < -0.3 is 16.0 Å². The average Bonchev–Trinajstić information content (AvgIpc) is 2.48. The Morgan fingerprint density at radius 2 is 2.19 bits per heavy atom. The SMILES string of the molecule is CN1CCN(CCC(=O)Nc2cccc(CN)c2)CC1=O. The third-order valence-electron chi connectivity index (χ3n) is 3.64. The van der Waals surface area contributed by atoms with Gasteiger partial charge >= 0.3 is 0 Å². The summed E-state index contributed by atoms with van der Waals surface area (Å²) in [5.74, 6) is 0.0628. The second-order valence-electron chi connectivity index (χ2n) is 5.29. The van der Waals surface area contributed by atoms with Crippen molar-refractivity contribution in [3.63, 3.8) is 0 Å². The lowest BCUT2D eigenvalue weighted by Gasteiger charge is -2.31. The Morgan fingerprint density at radius 1 is 1.38 bits per heavy atom. The van der Waals surface area contributed by atoms with Crippen molar-refractivity contribution in [1.29, 1.82) is 0 Å². The molecule has 1 aromatic carbocycles. The van der Waals surface area contributed by atoms with E-state index in [0.717, 1.165) is 24.3 Å². The molecule has 2 amide bonds. The lowest BCUT2D eigenvalue weighted by Crippen LogP contribution is -2.49. The Labute approximate surface area is 124 Å². The third kappa shape index (κ3) is 4.54. The van der Waals surface area contributed by atoms with Gasteiger partial charge in [0.15, 0.2) is 0 Å². The molecule has 1 fully saturated rings. The standard InChI is InChI=1S/C15H22N4O2/c1-18-7-8-19(11-15(18)21)6-5-14(20)17-13-4-2-3-12(9-13)10-16/h2-4,9H,5-8,10-11,16H2,1H3,(H,17,20). The van der Waals surface area contributed by atoms with Crippen molar-refractivity contribution in [2.75, 3.05) is 38.5 Å². The summed E-state index contributed by atoms with van der Waals surface area (Å²) in [4.78, 5) is 27.2. The fraction of sp³-hybridized carbons (Fsp3) is 0.467. The van der Waals surface area contributed by atoms with Crippen molar-refractivity contribution in [2.45, 2.75) is 13.0 Å². The molecule has 0 spiro atoms. The molecular formula is C15H22N4O2. The number of hydrogen-bond donors (Lipinski definition) is 2. The molecule has 0 radical (unpaired) electrons. The van der Waals surface area contributed by atoms with Gasteiger partial charge in [0.1, 0.15) is 0 Å². The van der Waals surface area contributed by atoms with Crippen LogP contribution in [-0.4, -0.2) is 54.8 Å². The molecule has 2 rings (SSSR count). The highest BCUT2D eigenvalue weighted by atomic mass is 16.2. The molecule has 0 aromatic heterocycles. The molecule has 0 aliphatic carbocycles. The minimum absolute atomic E-state index is 0.0458. The van der Waals surface area contributed by atoms with Crippen molar-refractivity contribution >= 4 is 17.5 Å². The van der Waals surface area contributed by atoms with E-state index in [0.29, 0.717) is 26.1 Å². The molecule has 1 saturated heterocycles. The summed E-state index contributed by atoms with van der Waals surface area (Å²) in [5, 5.41) is 2.86. The van der Waals surface area contributed by atoms with Gasteiger partial charge in [0, 0.05) is 45.3 Å². The number of benzene rings is 1. The van der Waals surface area contributed by atoms with Crippen molar-refractivity contribution in [1.82, 2.24) is 9.80 Å². The van der Waals surface area contributed by atoms with Crippen LogP contribution in [0.4, 0.5) is 5.69 Å². The van der Waals surface area contributed by atoms with Gasteiger partial charge in [0.25, 0.3) is 0 Å². The molecule has 6 heteroatoms. The minimum atomic E-state index is -0.0458. The number of carbonyl (C=O) groups is 2. The Bertz CT molecular complexity index is 518. The minimum Gasteiger partial charge on any atom is -0.343 e. The van der Waals surface area contributed by atoms with E-state index >= 15 is 0 Å². The van der Waals surface area contributed by atoms with Gasteiger partial charge in [-0.1, -0.05) is 12.1 Å². The second-order valence-corrected chi connectivity index (χ2v) is 5.29. The van der Waals surface area contributed by atoms with E-state index < -0.39 is 0 Å². The highest BCUT2D eigenvalue weighted by Gasteiger charge is 2.20. The molecule has 3 N–H and O–H groups in total. The van der Waals surface area contributed by atoms with Crippen molar-refractivity contribution in [3.8, 4) is 0 Å². The average molecular weight is 290 g/mol. The van der Waals surface area contributed by atoms with E-state index in [1.54, 1.807) is 11.9 Å². The molecule has 1 aliphatic rings. The molecular weight excluding hydrogens is 268 g/mol. The van der Waals surface area contributed by atoms with E-state index in [-0.39, 0.29) is 11.8 Å². The first-order chi connectivity index (χ1) is 10.1. The van der Waals surface area contributed by atoms with Crippen LogP contribution < -0.4 is 11.1 Å². The summed E-state index contributed by atoms with van der Waals surface area (Å²) in [6, 6.07) is 7.51. The Hall–Kier alpha value is -1.92. The number of piperazine rings is 1. The topological polar surface area (TPSA) is 78.7 Å². The second kappa shape index (κ2) is 7.19. The first-order valence-corrected chi connectivity index (χ1v) is 7.13. The van der Waals surface area contributed by atoms with Gasteiger partial charge in [-0.15, -0.1) is 0 Å². The van der Waals surface area contributed by atoms with Crippen LogP contribution in [0.2, 0.25) is 0 Å². The fourth-order valence-electron chi connectivity index (χ4n) is 2.26. The molecule has 114 valence electrons. The van der Waals surface area contributed by atoms with Crippen LogP contribution >= 0.6 is 0 Å². The summed E-state index contributed by atoms with van der Waals surface area (Å²) in [6.07, 6.45) is 0.379. The molecule has 0 unspecified atom stereocenters. The quantitative estimate of drug-likeness (QED) is 0.814. The first-order valence-electron chi connectivity index (χ1n) is 7.13. The molecule has 0 saturated carbocycles. The van der Waals surface area contributed by atoms with Crippen LogP contribution in [0.15, 0.2) is 24.3 Å². The van der Waals surface area contributed by atoms with Crippen LogP contribution in [0, 0.1) is 0 Å². The molecule has 1 aliphatic heterocycles. The number of nitrogens with zero attached hydrogens (tertiary/aromatic N) is 2. The molecule has 6 nitrogen and oxygen atoms in total. The number of likely N-dealkylation sites (N-methyl/N-ethyl adjacent to an activating group) is 1. The summed E-state index contributed by atoms with van der Waals surface area (Å²) >= 11 is 0. The number of rotatable bonds is 5. The summed E-state index contributed by atoms with van der Waals surface area (Å²) < 4.78 is 0. The fourth-order valence-corrected chi connectivity index (χ4v) is 2.26. The molecule has 1 aromatic rings. The Kier molecular flexibility index (Phi) is 5.30. The van der Waals surface area contributed by atoms with E-state index in [9.17, 15) is 9.59 Å². The zero-order chi connectivity index (χ0) is 15.2. The number of carbonyl (C=O) groups excluding carboxylic acids is 2. The maximum absolute atomic E-state index is 11.9. The highest BCUT2D eigenvalue weighted by molar-refractivity contribution is 5.91. The number of nitrogens with one attached hydrogen (secondary N) is 1. The molecule has 0 atom stereocenters. The van der Waals surface area contributed by atoms with E-state index in [1.165, 1.54) is 0 Å². The van der Waals surface area contributed by atoms with Crippen molar-refractivity contribution in [2.24, 2.45) is 5.73 Å². The van der Waals surface area contributed by atoms with E-state index in [2.05, 4.69) is 5.32 Å². The molecule has 21 heavy (non-hydrogen) atoms. The summed E-state index contributed by atoms with van der Waals surface area (Å²) in [5.41, 5.74) is 7.32. The van der Waals surface area contributed by atoms with Crippen LogP contribution in [0.3, 0.4) is 0 Å². The zero-order valence-corrected chi connectivity index (χ0v) is 12.3. The van der Waals surface area contributed by atoms with Crippen LogP contribution in [0.5, 0.6) is 0 Å². The normalized spacial score (nSPS) is 16.1. The van der Waals surface area contributed by atoms with Crippen LogP contribution in [0.1, 0.15) is 12.0 Å².